The molecule has 92 valence electrons. The number of nitrogens with one attached hydrogen (secondary N) is 1. The Bertz CT molecular complexity index is 463. The Labute approximate surface area is 99.2 Å². The SMILES string of the molecule is O=c1[nH]c(C2CCOCC2)nc2c1COCC2. The second-order valence-electron chi connectivity index (χ2n) is 4.57. The molecule has 1 fully saturated rings. The minimum Gasteiger partial charge on any atom is -0.381 e. The van der Waals surface area contributed by atoms with Gasteiger partial charge in [0.25, 0.3) is 5.56 Å². The van der Waals surface area contributed by atoms with Crippen molar-refractivity contribution in [2.24, 2.45) is 0 Å². The molecule has 1 aromatic rings. The molecule has 0 atom stereocenters. The van der Waals surface area contributed by atoms with E-state index in [4.69, 9.17) is 9.47 Å². The number of hydrogen-bond acceptors (Lipinski definition) is 4. The van der Waals surface area contributed by atoms with Crippen molar-refractivity contribution in [2.75, 3.05) is 19.8 Å². The van der Waals surface area contributed by atoms with Crippen LogP contribution in [0.4, 0.5) is 0 Å². The lowest BCUT2D eigenvalue weighted by atomic mass is 9.99. The molecule has 1 N–H and O–H groups in total. The van der Waals surface area contributed by atoms with Gasteiger partial charge in [-0.25, -0.2) is 4.98 Å². The van der Waals surface area contributed by atoms with Crippen molar-refractivity contribution in [1.82, 2.24) is 9.97 Å². The lowest BCUT2D eigenvalue weighted by Crippen LogP contribution is -2.27. The summed E-state index contributed by atoms with van der Waals surface area (Å²) in [5.74, 6) is 1.17. The average Bonchev–Trinajstić information content (AvgIpc) is 2.40. The lowest BCUT2D eigenvalue weighted by Gasteiger charge is -2.23. The number of fused-ring (bicyclic) bond motifs is 1. The fraction of sp³-hybridized carbons (Fsp3) is 0.667. The number of rotatable bonds is 1. The number of aromatic amines is 1. The van der Waals surface area contributed by atoms with Gasteiger partial charge in [-0.05, 0) is 12.8 Å². The van der Waals surface area contributed by atoms with Crippen LogP contribution in [0.2, 0.25) is 0 Å². The topological polar surface area (TPSA) is 64.2 Å². The molecule has 5 heteroatoms. The van der Waals surface area contributed by atoms with Crippen LogP contribution in [0.3, 0.4) is 0 Å². The van der Waals surface area contributed by atoms with Gasteiger partial charge in [-0.3, -0.25) is 4.79 Å². The fourth-order valence-corrected chi connectivity index (χ4v) is 2.43. The number of ether oxygens (including phenoxy) is 2. The first-order valence-electron chi connectivity index (χ1n) is 6.12. The molecule has 0 amide bonds. The van der Waals surface area contributed by atoms with Gasteiger partial charge in [0.1, 0.15) is 5.82 Å². The summed E-state index contributed by atoms with van der Waals surface area (Å²) in [5, 5.41) is 0. The molecule has 3 rings (SSSR count). The molecule has 5 nitrogen and oxygen atoms in total. The normalized spacial score (nSPS) is 21.2. The zero-order valence-electron chi connectivity index (χ0n) is 9.70. The third kappa shape index (κ3) is 2.12. The van der Waals surface area contributed by atoms with E-state index in [1.54, 1.807) is 0 Å². The molecular weight excluding hydrogens is 220 g/mol. The summed E-state index contributed by atoms with van der Waals surface area (Å²) in [6.45, 7) is 2.57. The Morgan fingerprint density at radius 2 is 2.00 bits per heavy atom. The van der Waals surface area contributed by atoms with E-state index >= 15 is 0 Å². The molecule has 0 saturated carbocycles. The molecule has 1 saturated heterocycles. The number of aromatic nitrogens is 2. The van der Waals surface area contributed by atoms with Crippen molar-refractivity contribution in [2.45, 2.75) is 31.8 Å². The standard InChI is InChI=1S/C12H16N2O3/c15-12-9-7-17-6-3-10(9)13-11(14-12)8-1-4-16-5-2-8/h8H,1-7H2,(H,13,14,15). The van der Waals surface area contributed by atoms with Gasteiger partial charge >= 0.3 is 0 Å². The number of H-pyrrole nitrogens is 1. The van der Waals surface area contributed by atoms with Crippen molar-refractivity contribution < 1.29 is 9.47 Å². The summed E-state index contributed by atoms with van der Waals surface area (Å²) in [6, 6.07) is 0. The van der Waals surface area contributed by atoms with Crippen LogP contribution in [0, 0.1) is 0 Å². The molecular formula is C12H16N2O3. The average molecular weight is 236 g/mol. The zero-order chi connectivity index (χ0) is 11.7. The Morgan fingerprint density at radius 1 is 1.18 bits per heavy atom. The van der Waals surface area contributed by atoms with Crippen molar-refractivity contribution in [3.05, 3.63) is 27.4 Å². The Morgan fingerprint density at radius 3 is 2.82 bits per heavy atom. The smallest absolute Gasteiger partial charge is 0.256 e. The summed E-state index contributed by atoms with van der Waals surface area (Å²) in [5.41, 5.74) is 1.59. The molecule has 0 aromatic carbocycles. The van der Waals surface area contributed by atoms with E-state index in [0.29, 0.717) is 24.7 Å². The Hall–Kier alpha value is -1.20. The molecule has 0 aliphatic carbocycles. The monoisotopic (exact) mass is 236 g/mol. The van der Waals surface area contributed by atoms with Gasteiger partial charge < -0.3 is 14.5 Å². The van der Waals surface area contributed by atoms with E-state index in [9.17, 15) is 4.79 Å². The van der Waals surface area contributed by atoms with Crippen LogP contribution >= 0.6 is 0 Å². The van der Waals surface area contributed by atoms with Gasteiger partial charge in [-0.2, -0.15) is 0 Å². The molecule has 0 spiro atoms. The second kappa shape index (κ2) is 4.58. The van der Waals surface area contributed by atoms with Crippen molar-refractivity contribution in [1.29, 1.82) is 0 Å². The van der Waals surface area contributed by atoms with E-state index in [1.165, 1.54) is 0 Å². The van der Waals surface area contributed by atoms with Gasteiger partial charge in [0.05, 0.1) is 24.5 Å². The molecule has 2 aliphatic heterocycles. The van der Waals surface area contributed by atoms with Crippen molar-refractivity contribution in [3.8, 4) is 0 Å². The van der Waals surface area contributed by atoms with Crippen LogP contribution in [-0.2, 0) is 22.5 Å². The first kappa shape index (κ1) is 10.9. The van der Waals surface area contributed by atoms with E-state index in [-0.39, 0.29) is 5.56 Å². The summed E-state index contributed by atoms with van der Waals surface area (Å²) >= 11 is 0. The van der Waals surface area contributed by atoms with Crippen molar-refractivity contribution in [3.63, 3.8) is 0 Å². The molecule has 0 radical (unpaired) electrons. The van der Waals surface area contributed by atoms with Gasteiger partial charge in [0.2, 0.25) is 0 Å². The van der Waals surface area contributed by atoms with Gasteiger partial charge in [-0.15, -0.1) is 0 Å². The molecule has 1 aromatic heterocycles. The van der Waals surface area contributed by atoms with Crippen LogP contribution < -0.4 is 5.56 Å². The highest BCUT2D eigenvalue weighted by Crippen LogP contribution is 2.24. The van der Waals surface area contributed by atoms with Crippen LogP contribution in [0.5, 0.6) is 0 Å². The van der Waals surface area contributed by atoms with E-state index in [0.717, 1.165) is 44.0 Å². The third-order valence-corrected chi connectivity index (χ3v) is 3.46. The summed E-state index contributed by atoms with van der Waals surface area (Å²) in [4.78, 5) is 19.4. The lowest BCUT2D eigenvalue weighted by molar-refractivity contribution is 0.0828. The minimum atomic E-state index is -0.0313. The maximum absolute atomic E-state index is 11.9. The molecule has 0 unspecified atom stereocenters. The maximum Gasteiger partial charge on any atom is 0.256 e. The third-order valence-electron chi connectivity index (χ3n) is 3.46. The van der Waals surface area contributed by atoms with Crippen LogP contribution in [0.25, 0.3) is 0 Å². The quantitative estimate of drug-likeness (QED) is 0.781. The largest absolute Gasteiger partial charge is 0.381 e. The first-order chi connectivity index (χ1) is 8.34. The van der Waals surface area contributed by atoms with E-state index in [1.807, 2.05) is 0 Å². The van der Waals surface area contributed by atoms with Crippen LogP contribution in [0.15, 0.2) is 4.79 Å². The van der Waals surface area contributed by atoms with Crippen molar-refractivity contribution >= 4 is 0 Å². The summed E-state index contributed by atoms with van der Waals surface area (Å²) < 4.78 is 10.6. The maximum atomic E-state index is 11.9. The van der Waals surface area contributed by atoms with E-state index in [2.05, 4.69) is 9.97 Å². The summed E-state index contributed by atoms with van der Waals surface area (Å²) in [6.07, 6.45) is 2.63. The van der Waals surface area contributed by atoms with Crippen LogP contribution in [-0.4, -0.2) is 29.8 Å². The first-order valence-corrected chi connectivity index (χ1v) is 6.12. The predicted octanol–water partition coefficient (Wildman–Crippen LogP) is 0.737. The highest BCUT2D eigenvalue weighted by Gasteiger charge is 2.22. The minimum absolute atomic E-state index is 0.0313. The fourth-order valence-electron chi connectivity index (χ4n) is 2.43. The Balaban J connectivity index is 1.95. The highest BCUT2D eigenvalue weighted by atomic mass is 16.5. The number of nitrogens with zero attached hydrogens (tertiary/aromatic N) is 1. The van der Waals surface area contributed by atoms with E-state index < -0.39 is 0 Å². The molecule has 2 aliphatic rings. The van der Waals surface area contributed by atoms with Gasteiger partial charge in [-0.1, -0.05) is 0 Å². The summed E-state index contributed by atoms with van der Waals surface area (Å²) in [7, 11) is 0. The predicted molar refractivity (Wildman–Crippen MR) is 61.0 cm³/mol. The second-order valence-corrected chi connectivity index (χ2v) is 4.57. The van der Waals surface area contributed by atoms with Crippen LogP contribution in [0.1, 0.15) is 35.8 Å². The molecule has 3 heterocycles. The molecule has 17 heavy (non-hydrogen) atoms. The highest BCUT2D eigenvalue weighted by molar-refractivity contribution is 5.20. The zero-order valence-corrected chi connectivity index (χ0v) is 9.70. The number of hydrogen-bond donors (Lipinski definition) is 1. The van der Waals surface area contributed by atoms with Gasteiger partial charge in [0.15, 0.2) is 0 Å². The molecule has 0 bridgehead atoms. The Kier molecular flexibility index (Phi) is 2.94. The van der Waals surface area contributed by atoms with Gasteiger partial charge in [0, 0.05) is 25.6 Å².